The third kappa shape index (κ3) is 4.80. The van der Waals surface area contributed by atoms with E-state index in [-0.39, 0.29) is 11.4 Å². The molecular weight excluding hydrogens is 377 g/mol. The van der Waals surface area contributed by atoms with E-state index < -0.39 is 23.5 Å². The third-order valence-electron chi connectivity index (χ3n) is 5.03. The number of aliphatic hydroxyl groups is 1. The molecule has 0 aliphatic heterocycles. The highest BCUT2D eigenvalue weighted by Gasteiger charge is 2.14. The van der Waals surface area contributed by atoms with Crippen molar-refractivity contribution in [2.24, 2.45) is 0 Å². The zero-order chi connectivity index (χ0) is 21.0. The number of phenols is 1. The van der Waals surface area contributed by atoms with E-state index in [9.17, 15) is 23.4 Å². The molecule has 2 nitrogen and oxygen atoms in total. The van der Waals surface area contributed by atoms with Gasteiger partial charge in [0, 0.05) is 5.56 Å². The van der Waals surface area contributed by atoms with E-state index in [0.717, 1.165) is 18.1 Å². The van der Waals surface area contributed by atoms with Gasteiger partial charge in [0.15, 0.2) is 11.6 Å². The molecule has 0 heterocycles. The number of rotatable bonds is 7. The van der Waals surface area contributed by atoms with Crippen molar-refractivity contribution in [1.29, 1.82) is 0 Å². The van der Waals surface area contributed by atoms with Crippen LogP contribution < -0.4 is 0 Å². The van der Waals surface area contributed by atoms with Crippen LogP contribution >= 0.6 is 0 Å². The van der Waals surface area contributed by atoms with E-state index in [1.165, 1.54) is 12.1 Å². The smallest absolute Gasteiger partial charge is 0.200 e. The van der Waals surface area contributed by atoms with Gasteiger partial charge in [-0.3, -0.25) is 0 Å². The van der Waals surface area contributed by atoms with E-state index in [1.807, 2.05) is 6.92 Å². The quantitative estimate of drug-likeness (QED) is 0.503. The number of halogens is 3. The predicted molar refractivity (Wildman–Crippen MR) is 107 cm³/mol. The minimum atomic E-state index is -1.27. The Bertz CT molecular complexity index is 984. The third-order valence-corrected chi connectivity index (χ3v) is 5.03. The Balaban J connectivity index is 1.69. The van der Waals surface area contributed by atoms with E-state index in [0.29, 0.717) is 36.0 Å². The van der Waals surface area contributed by atoms with Gasteiger partial charge in [-0.05, 0) is 59.7 Å². The van der Waals surface area contributed by atoms with Crippen molar-refractivity contribution in [3.8, 4) is 16.9 Å². The molecule has 3 aromatic rings. The van der Waals surface area contributed by atoms with Gasteiger partial charge in [0.2, 0.25) is 5.82 Å². The Morgan fingerprint density at radius 3 is 2.24 bits per heavy atom. The topological polar surface area (TPSA) is 40.5 Å². The lowest BCUT2D eigenvalue weighted by Gasteiger charge is -2.12. The van der Waals surface area contributed by atoms with Crippen LogP contribution in [0.5, 0.6) is 5.75 Å². The maximum atomic E-state index is 14.3. The first-order valence-corrected chi connectivity index (χ1v) is 9.63. The van der Waals surface area contributed by atoms with Crippen LogP contribution in [0.2, 0.25) is 0 Å². The molecule has 1 unspecified atom stereocenters. The second-order valence-electron chi connectivity index (χ2n) is 7.11. The van der Waals surface area contributed by atoms with Crippen LogP contribution in [-0.4, -0.2) is 10.2 Å². The van der Waals surface area contributed by atoms with E-state index >= 15 is 0 Å². The molecule has 0 aromatic heterocycles. The highest BCUT2D eigenvalue weighted by Crippen LogP contribution is 2.29. The van der Waals surface area contributed by atoms with Crippen LogP contribution in [-0.2, 0) is 12.8 Å². The van der Waals surface area contributed by atoms with Gasteiger partial charge in [-0.15, -0.1) is 0 Å². The summed E-state index contributed by atoms with van der Waals surface area (Å²) in [6.07, 6.45) is 1.83. The summed E-state index contributed by atoms with van der Waals surface area (Å²) in [5.74, 6) is -3.42. The Morgan fingerprint density at radius 2 is 1.59 bits per heavy atom. The summed E-state index contributed by atoms with van der Waals surface area (Å²) in [4.78, 5) is 0. The molecular formula is C24H23F3O2. The van der Waals surface area contributed by atoms with E-state index in [2.05, 4.69) is 0 Å². The highest BCUT2D eigenvalue weighted by molar-refractivity contribution is 5.65. The van der Waals surface area contributed by atoms with Gasteiger partial charge in [0.1, 0.15) is 5.82 Å². The van der Waals surface area contributed by atoms with Crippen LogP contribution in [0.4, 0.5) is 13.2 Å². The number of aryl methyl sites for hydroxylation is 2. The van der Waals surface area contributed by atoms with Crippen LogP contribution in [0, 0.1) is 17.5 Å². The lowest BCUT2D eigenvalue weighted by molar-refractivity contribution is 0.166. The molecule has 0 fully saturated rings. The van der Waals surface area contributed by atoms with E-state index in [4.69, 9.17) is 0 Å². The molecule has 0 saturated heterocycles. The fourth-order valence-electron chi connectivity index (χ4n) is 3.31. The number of aliphatic hydroxyl groups excluding tert-OH is 1. The van der Waals surface area contributed by atoms with Gasteiger partial charge >= 0.3 is 0 Å². The molecule has 5 heteroatoms. The minimum Gasteiger partial charge on any atom is -0.505 e. The first kappa shape index (κ1) is 20.9. The fourth-order valence-corrected chi connectivity index (χ4v) is 3.31. The summed E-state index contributed by atoms with van der Waals surface area (Å²) < 4.78 is 41.9. The zero-order valence-corrected chi connectivity index (χ0v) is 16.1. The molecule has 1 atom stereocenters. The number of hydrogen-bond acceptors (Lipinski definition) is 2. The van der Waals surface area contributed by atoms with Crippen molar-refractivity contribution < 1.29 is 23.4 Å². The number of aromatic hydroxyl groups is 1. The Labute approximate surface area is 168 Å². The van der Waals surface area contributed by atoms with Crippen molar-refractivity contribution in [3.05, 3.63) is 88.7 Å². The molecule has 0 aliphatic carbocycles. The summed E-state index contributed by atoms with van der Waals surface area (Å²) in [5.41, 5.74) is 2.64. The largest absolute Gasteiger partial charge is 0.505 e. The molecule has 0 radical (unpaired) electrons. The minimum absolute atomic E-state index is 0.0686. The van der Waals surface area contributed by atoms with Gasteiger partial charge in [0.25, 0.3) is 0 Å². The Hall–Kier alpha value is -2.79. The van der Waals surface area contributed by atoms with Crippen LogP contribution in [0.1, 0.15) is 42.6 Å². The molecule has 152 valence electrons. The summed E-state index contributed by atoms with van der Waals surface area (Å²) in [6, 6.07) is 14.2. The lowest BCUT2D eigenvalue weighted by atomic mass is 9.98. The van der Waals surface area contributed by atoms with Crippen LogP contribution in [0.25, 0.3) is 11.1 Å². The first-order chi connectivity index (χ1) is 13.9. The maximum absolute atomic E-state index is 14.3. The molecule has 3 rings (SSSR count). The number of hydrogen-bond donors (Lipinski definition) is 2. The van der Waals surface area contributed by atoms with E-state index in [1.54, 1.807) is 36.4 Å². The molecule has 3 aromatic carbocycles. The van der Waals surface area contributed by atoms with Crippen molar-refractivity contribution in [1.82, 2.24) is 0 Å². The second-order valence-corrected chi connectivity index (χ2v) is 7.11. The van der Waals surface area contributed by atoms with Gasteiger partial charge < -0.3 is 10.2 Å². The molecule has 0 saturated carbocycles. The van der Waals surface area contributed by atoms with Crippen molar-refractivity contribution in [2.45, 2.75) is 38.7 Å². The highest BCUT2D eigenvalue weighted by atomic mass is 19.2. The Morgan fingerprint density at radius 1 is 0.862 bits per heavy atom. The summed E-state index contributed by atoms with van der Waals surface area (Å²) in [7, 11) is 0. The normalized spacial score (nSPS) is 12.2. The van der Waals surface area contributed by atoms with Gasteiger partial charge in [0.05, 0.1) is 6.10 Å². The molecule has 0 spiro atoms. The first-order valence-electron chi connectivity index (χ1n) is 9.63. The van der Waals surface area contributed by atoms with Gasteiger partial charge in [-0.25, -0.2) is 8.78 Å². The van der Waals surface area contributed by atoms with Gasteiger partial charge in [-0.1, -0.05) is 49.7 Å². The van der Waals surface area contributed by atoms with Gasteiger partial charge in [-0.2, -0.15) is 4.39 Å². The monoisotopic (exact) mass is 400 g/mol. The predicted octanol–water partition coefficient (Wildman–Crippen LogP) is 6.10. The lowest BCUT2D eigenvalue weighted by Crippen LogP contribution is -2.01. The maximum Gasteiger partial charge on any atom is 0.200 e. The summed E-state index contributed by atoms with van der Waals surface area (Å²) >= 11 is 0. The SMILES string of the molecule is CCCC(O)c1ccc(CCc2ccc(-c3ccc(O)c(F)c3F)cc2)c(F)c1. The molecule has 0 bridgehead atoms. The van der Waals surface area contributed by atoms with Crippen LogP contribution in [0.3, 0.4) is 0 Å². The zero-order valence-electron chi connectivity index (χ0n) is 16.1. The number of benzene rings is 3. The molecule has 0 aliphatic rings. The fraction of sp³-hybridized carbons (Fsp3) is 0.250. The Kier molecular flexibility index (Phi) is 6.60. The number of phenolic OH excluding ortho intramolecular Hbond substituents is 1. The summed E-state index contributed by atoms with van der Waals surface area (Å²) in [6.45, 7) is 1.96. The van der Waals surface area contributed by atoms with Crippen molar-refractivity contribution >= 4 is 0 Å². The van der Waals surface area contributed by atoms with Crippen LogP contribution in [0.15, 0.2) is 54.6 Å². The van der Waals surface area contributed by atoms with Crippen molar-refractivity contribution in [2.75, 3.05) is 0 Å². The van der Waals surface area contributed by atoms with Crippen molar-refractivity contribution in [3.63, 3.8) is 0 Å². The molecule has 2 N–H and O–H groups in total. The average Bonchev–Trinajstić information content (AvgIpc) is 2.72. The molecule has 0 amide bonds. The average molecular weight is 400 g/mol. The standard InChI is InChI=1S/C24H23F3O2/c1-2-3-21(28)18-11-10-17(20(25)14-18)9-6-15-4-7-16(8-5-15)19-12-13-22(29)24(27)23(19)26/h4-5,7-8,10-14,21,28-29H,2-3,6,9H2,1H3. The summed E-state index contributed by atoms with van der Waals surface area (Å²) in [5, 5.41) is 19.2. The molecule has 29 heavy (non-hydrogen) atoms. The second kappa shape index (κ2) is 9.14.